The van der Waals surface area contributed by atoms with Gasteiger partial charge < -0.3 is 15.3 Å². The molecule has 0 aromatic rings. The molecule has 0 aromatic heterocycles. The Morgan fingerprint density at radius 1 is 1.47 bits per heavy atom. The van der Waals surface area contributed by atoms with Crippen LogP contribution in [0, 0.1) is 5.92 Å². The number of carboxylic acids is 1. The Morgan fingerprint density at radius 3 is 2.68 bits per heavy atom. The van der Waals surface area contributed by atoms with E-state index in [0.717, 1.165) is 12.8 Å². The Balaban J connectivity index is 2.55. The summed E-state index contributed by atoms with van der Waals surface area (Å²) in [7, 11) is 0. The maximum Gasteiger partial charge on any atom is 0.318 e. The quantitative estimate of drug-likeness (QED) is 0.751. The lowest BCUT2D eigenvalue weighted by Gasteiger charge is -2.31. The SMILES string of the molecule is C=CCN(C(=O)NC1CCCC(C(=O)O)C1)C(C)C. The highest BCUT2D eigenvalue weighted by Crippen LogP contribution is 2.24. The highest BCUT2D eigenvalue weighted by Gasteiger charge is 2.29. The fraction of sp³-hybridized carbons (Fsp3) is 0.714. The molecule has 1 fully saturated rings. The molecule has 0 heterocycles. The van der Waals surface area contributed by atoms with E-state index in [2.05, 4.69) is 11.9 Å². The number of nitrogens with zero attached hydrogens (tertiary/aromatic N) is 1. The molecule has 2 N–H and O–H groups in total. The van der Waals surface area contributed by atoms with Gasteiger partial charge in [-0.15, -0.1) is 6.58 Å². The Morgan fingerprint density at radius 2 is 2.16 bits per heavy atom. The molecule has 0 radical (unpaired) electrons. The average Bonchev–Trinajstić information content (AvgIpc) is 2.35. The van der Waals surface area contributed by atoms with Crippen LogP contribution in [0.3, 0.4) is 0 Å². The first kappa shape index (κ1) is 15.5. The van der Waals surface area contributed by atoms with Gasteiger partial charge in [-0.05, 0) is 33.1 Å². The zero-order valence-electron chi connectivity index (χ0n) is 11.8. The minimum Gasteiger partial charge on any atom is -0.481 e. The summed E-state index contributed by atoms with van der Waals surface area (Å²) >= 11 is 0. The lowest BCUT2D eigenvalue weighted by molar-refractivity contribution is -0.143. The van der Waals surface area contributed by atoms with E-state index >= 15 is 0 Å². The first-order valence-corrected chi connectivity index (χ1v) is 6.86. The molecule has 19 heavy (non-hydrogen) atoms. The normalized spacial score (nSPS) is 22.9. The van der Waals surface area contributed by atoms with Gasteiger partial charge in [-0.25, -0.2) is 4.79 Å². The summed E-state index contributed by atoms with van der Waals surface area (Å²) in [6.07, 6.45) is 4.64. The third-order valence-electron chi connectivity index (χ3n) is 3.56. The van der Waals surface area contributed by atoms with Crippen LogP contribution >= 0.6 is 0 Å². The number of carboxylic acid groups (broad SMARTS) is 1. The Kier molecular flexibility index (Phi) is 5.86. The first-order chi connectivity index (χ1) is 8.95. The van der Waals surface area contributed by atoms with Gasteiger partial charge in [-0.1, -0.05) is 12.5 Å². The van der Waals surface area contributed by atoms with Crippen molar-refractivity contribution in [3.8, 4) is 0 Å². The second kappa shape index (κ2) is 7.16. The van der Waals surface area contributed by atoms with Crippen LogP contribution in [0.15, 0.2) is 12.7 Å². The molecule has 0 saturated heterocycles. The van der Waals surface area contributed by atoms with E-state index in [1.165, 1.54) is 0 Å². The lowest BCUT2D eigenvalue weighted by atomic mass is 9.86. The minimum atomic E-state index is -0.759. The number of hydrogen-bond acceptors (Lipinski definition) is 2. The fourth-order valence-corrected chi connectivity index (χ4v) is 2.47. The van der Waals surface area contributed by atoms with Crippen molar-refractivity contribution >= 4 is 12.0 Å². The van der Waals surface area contributed by atoms with Gasteiger partial charge in [0.2, 0.25) is 0 Å². The minimum absolute atomic E-state index is 0.0339. The number of aliphatic carboxylic acids is 1. The largest absolute Gasteiger partial charge is 0.481 e. The Bertz CT molecular complexity index is 342. The third-order valence-corrected chi connectivity index (χ3v) is 3.56. The van der Waals surface area contributed by atoms with Crippen LogP contribution in [0.5, 0.6) is 0 Å². The standard InChI is InChI=1S/C14H24N2O3/c1-4-8-16(10(2)3)14(19)15-12-7-5-6-11(9-12)13(17)18/h4,10-12H,1,5-9H2,2-3H3,(H,15,19)(H,17,18). The van der Waals surface area contributed by atoms with Gasteiger partial charge in [-0.2, -0.15) is 0 Å². The smallest absolute Gasteiger partial charge is 0.318 e. The van der Waals surface area contributed by atoms with Gasteiger partial charge in [0.25, 0.3) is 0 Å². The van der Waals surface area contributed by atoms with Gasteiger partial charge >= 0.3 is 12.0 Å². The second-order valence-corrected chi connectivity index (χ2v) is 5.38. The van der Waals surface area contributed by atoms with Crippen molar-refractivity contribution in [3.05, 3.63) is 12.7 Å². The van der Waals surface area contributed by atoms with Crippen molar-refractivity contribution in [2.24, 2.45) is 5.92 Å². The van der Waals surface area contributed by atoms with Crippen molar-refractivity contribution in [1.29, 1.82) is 0 Å². The molecule has 1 saturated carbocycles. The van der Waals surface area contributed by atoms with Crippen LogP contribution in [0.25, 0.3) is 0 Å². The lowest BCUT2D eigenvalue weighted by Crippen LogP contribution is -2.49. The summed E-state index contributed by atoms with van der Waals surface area (Å²) < 4.78 is 0. The van der Waals surface area contributed by atoms with Gasteiger partial charge in [-0.3, -0.25) is 4.79 Å². The molecule has 0 spiro atoms. The van der Waals surface area contributed by atoms with Crippen LogP contribution in [0.4, 0.5) is 4.79 Å². The van der Waals surface area contributed by atoms with Crippen LogP contribution < -0.4 is 5.32 Å². The van der Waals surface area contributed by atoms with Crippen molar-refractivity contribution in [2.75, 3.05) is 6.54 Å². The predicted molar refractivity (Wildman–Crippen MR) is 74.0 cm³/mol. The van der Waals surface area contributed by atoms with Crippen LogP contribution in [0.1, 0.15) is 39.5 Å². The number of urea groups is 1. The van der Waals surface area contributed by atoms with Gasteiger partial charge in [0.05, 0.1) is 5.92 Å². The van der Waals surface area contributed by atoms with E-state index in [1.54, 1.807) is 11.0 Å². The molecule has 5 heteroatoms. The highest BCUT2D eigenvalue weighted by molar-refractivity contribution is 5.75. The topological polar surface area (TPSA) is 69.6 Å². The third kappa shape index (κ3) is 4.58. The number of hydrogen-bond donors (Lipinski definition) is 2. The van der Waals surface area contributed by atoms with Crippen molar-refractivity contribution < 1.29 is 14.7 Å². The van der Waals surface area contributed by atoms with Crippen molar-refractivity contribution in [2.45, 2.75) is 51.6 Å². The molecule has 1 aliphatic rings. The van der Waals surface area contributed by atoms with Crippen LogP contribution in [0.2, 0.25) is 0 Å². The van der Waals surface area contributed by atoms with E-state index in [-0.39, 0.29) is 24.0 Å². The monoisotopic (exact) mass is 268 g/mol. The molecule has 0 aromatic carbocycles. The average molecular weight is 268 g/mol. The number of nitrogens with one attached hydrogen (secondary N) is 1. The fourth-order valence-electron chi connectivity index (χ4n) is 2.47. The molecular formula is C14H24N2O3. The summed E-state index contributed by atoms with van der Waals surface area (Å²) in [6.45, 7) is 8.04. The number of rotatable bonds is 5. The molecule has 2 atom stereocenters. The number of amides is 2. The Labute approximate surface area is 114 Å². The zero-order valence-corrected chi connectivity index (χ0v) is 11.8. The van der Waals surface area contributed by atoms with Gasteiger partial charge in [0.15, 0.2) is 0 Å². The predicted octanol–water partition coefficient (Wildman–Crippen LogP) is 2.24. The summed E-state index contributed by atoms with van der Waals surface area (Å²) in [4.78, 5) is 24.8. The maximum atomic E-state index is 12.1. The van der Waals surface area contributed by atoms with E-state index in [0.29, 0.717) is 19.4 Å². The summed E-state index contributed by atoms with van der Waals surface area (Å²) in [6, 6.07) is -0.0729. The highest BCUT2D eigenvalue weighted by atomic mass is 16.4. The molecule has 2 amide bonds. The Hall–Kier alpha value is -1.52. The molecule has 108 valence electrons. The first-order valence-electron chi connectivity index (χ1n) is 6.86. The molecule has 0 bridgehead atoms. The van der Waals surface area contributed by atoms with Crippen LogP contribution in [-0.4, -0.2) is 40.6 Å². The number of carbonyl (C=O) groups is 2. The maximum absolute atomic E-state index is 12.1. The summed E-state index contributed by atoms with van der Waals surface area (Å²) in [5, 5.41) is 12.0. The number of carbonyl (C=O) groups excluding carboxylic acids is 1. The van der Waals surface area contributed by atoms with E-state index in [1.807, 2.05) is 13.8 Å². The van der Waals surface area contributed by atoms with Crippen LogP contribution in [-0.2, 0) is 4.79 Å². The molecule has 2 unspecified atom stereocenters. The van der Waals surface area contributed by atoms with E-state index in [9.17, 15) is 9.59 Å². The van der Waals surface area contributed by atoms with E-state index < -0.39 is 5.97 Å². The summed E-state index contributed by atoms with van der Waals surface area (Å²) in [5.41, 5.74) is 0. The molecular weight excluding hydrogens is 244 g/mol. The zero-order chi connectivity index (χ0) is 14.4. The second-order valence-electron chi connectivity index (χ2n) is 5.38. The summed E-state index contributed by atoms with van der Waals surface area (Å²) in [5.74, 6) is -1.09. The van der Waals surface area contributed by atoms with Gasteiger partial charge in [0.1, 0.15) is 0 Å². The molecule has 1 rings (SSSR count). The van der Waals surface area contributed by atoms with Crippen molar-refractivity contribution in [1.82, 2.24) is 10.2 Å². The molecule has 1 aliphatic carbocycles. The van der Waals surface area contributed by atoms with Crippen molar-refractivity contribution in [3.63, 3.8) is 0 Å². The van der Waals surface area contributed by atoms with E-state index in [4.69, 9.17) is 5.11 Å². The molecule has 5 nitrogen and oxygen atoms in total. The molecule has 0 aliphatic heterocycles. The van der Waals surface area contributed by atoms with Gasteiger partial charge in [0, 0.05) is 18.6 Å².